The average molecular weight is 579 g/mol. The van der Waals surface area contributed by atoms with Crippen LogP contribution in [0, 0.1) is 0 Å². The molecule has 1 atom stereocenters. The van der Waals surface area contributed by atoms with E-state index in [1.165, 1.54) is 11.8 Å². The first-order valence-corrected chi connectivity index (χ1v) is 14.3. The number of rotatable bonds is 10. The summed E-state index contributed by atoms with van der Waals surface area (Å²) >= 11 is 7.37. The predicted molar refractivity (Wildman–Crippen MR) is 167 cm³/mol. The second-order valence-corrected chi connectivity index (χ2v) is 10.8. The Hall–Kier alpha value is -4.52. The van der Waals surface area contributed by atoms with Gasteiger partial charge in [0.15, 0.2) is 0 Å². The molecule has 2 amide bonds. The zero-order valence-corrected chi connectivity index (χ0v) is 23.6. The van der Waals surface area contributed by atoms with Crippen LogP contribution >= 0.6 is 23.4 Å². The van der Waals surface area contributed by atoms with Gasteiger partial charge in [0.05, 0.1) is 6.42 Å². The molecule has 5 nitrogen and oxygen atoms in total. The van der Waals surface area contributed by atoms with Crippen molar-refractivity contribution in [3.05, 3.63) is 150 Å². The molecule has 5 rings (SSSR count). The number of hydrogen-bond acceptors (Lipinski definition) is 4. The summed E-state index contributed by atoms with van der Waals surface area (Å²) in [5.41, 5.74) is 3.14. The summed E-state index contributed by atoms with van der Waals surface area (Å²) in [5.74, 6) is 1.17. The highest BCUT2D eigenvalue weighted by Gasteiger charge is 2.22. The molecule has 5 aromatic rings. The fourth-order valence-corrected chi connectivity index (χ4v) is 5.24. The van der Waals surface area contributed by atoms with E-state index in [0.717, 1.165) is 21.8 Å². The summed E-state index contributed by atoms with van der Waals surface area (Å²) in [5, 5.41) is 6.11. The minimum atomic E-state index is -0.484. The highest BCUT2D eigenvalue weighted by molar-refractivity contribution is 8.00. The van der Waals surface area contributed by atoms with Crippen LogP contribution in [0.2, 0.25) is 5.02 Å². The molecule has 0 fully saturated rings. The summed E-state index contributed by atoms with van der Waals surface area (Å²) in [6, 6.07) is 41.2. The van der Waals surface area contributed by atoms with Crippen molar-refractivity contribution in [3.8, 4) is 11.5 Å². The Morgan fingerprint density at radius 1 is 0.659 bits per heavy atom. The van der Waals surface area contributed by atoms with E-state index in [-0.39, 0.29) is 18.2 Å². The molecular weight excluding hydrogens is 552 g/mol. The van der Waals surface area contributed by atoms with E-state index in [1.54, 1.807) is 12.1 Å². The van der Waals surface area contributed by atoms with Gasteiger partial charge in [-0.3, -0.25) is 9.59 Å². The molecule has 41 heavy (non-hydrogen) atoms. The fraction of sp³-hybridized carbons (Fsp3) is 0.0588. The number of anilines is 2. The normalized spacial score (nSPS) is 11.3. The minimum absolute atomic E-state index is 0.116. The van der Waals surface area contributed by atoms with E-state index < -0.39 is 5.25 Å². The fourth-order valence-electron chi connectivity index (χ4n) is 4.09. The van der Waals surface area contributed by atoms with Crippen LogP contribution in [0.4, 0.5) is 11.4 Å². The maximum Gasteiger partial charge on any atom is 0.242 e. The minimum Gasteiger partial charge on any atom is -0.457 e. The van der Waals surface area contributed by atoms with Crippen molar-refractivity contribution < 1.29 is 14.3 Å². The lowest BCUT2D eigenvalue weighted by molar-refractivity contribution is -0.116. The first-order chi connectivity index (χ1) is 20.0. The van der Waals surface area contributed by atoms with E-state index >= 15 is 0 Å². The van der Waals surface area contributed by atoms with Gasteiger partial charge >= 0.3 is 0 Å². The summed E-state index contributed by atoms with van der Waals surface area (Å²) in [6.45, 7) is 0. The third-order valence-corrected chi connectivity index (χ3v) is 7.63. The third kappa shape index (κ3) is 8.24. The Bertz CT molecular complexity index is 1580. The highest BCUT2D eigenvalue weighted by atomic mass is 35.5. The maximum absolute atomic E-state index is 13.5. The smallest absolute Gasteiger partial charge is 0.242 e. The summed E-state index contributed by atoms with van der Waals surface area (Å²) in [4.78, 5) is 26.9. The molecule has 0 aliphatic carbocycles. The van der Waals surface area contributed by atoms with Gasteiger partial charge in [0.2, 0.25) is 11.8 Å². The Morgan fingerprint density at radius 3 is 1.88 bits per heavy atom. The summed E-state index contributed by atoms with van der Waals surface area (Å²) in [6.07, 6.45) is 0.253. The Labute approximate surface area is 248 Å². The van der Waals surface area contributed by atoms with E-state index in [1.807, 2.05) is 121 Å². The molecule has 204 valence electrons. The average Bonchev–Trinajstić information content (AvgIpc) is 3.00. The van der Waals surface area contributed by atoms with Crippen LogP contribution in [0.5, 0.6) is 11.5 Å². The molecule has 0 heterocycles. The van der Waals surface area contributed by atoms with Gasteiger partial charge in [0.1, 0.15) is 16.7 Å². The van der Waals surface area contributed by atoms with Crippen LogP contribution in [0.25, 0.3) is 0 Å². The zero-order valence-electron chi connectivity index (χ0n) is 22.0. The molecule has 5 aromatic carbocycles. The Balaban J connectivity index is 1.23. The number of nitrogens with one attached hydrogen (secondary N) is 2. The molecule has 0 saturated carbocycles. The highest BCUT2D eigenvalue weighted by Crippen LogP contribution is 2.37. The van der Waals surface area contributed by atoms with Crippen molar-refractivity contribution in [2.75, 3.05) is 10.6 Å². The number of benzene rings is 5. The van der Waals surface area contributed by atoms with Crippen LogP contribution in [-0.2, 0) is 16.0 Å². The molecule has 0 spiro atoms. The quantitative estimate of drug-likeness (QED) is 0.162. The summed E-state index contributed by atoms with van der Waals surface area (Å²) < 4.78 is 5.85. The van der Waals surface area contributed by atoms with Gasteiger partial charge in [0, 0.05) is 21.3 Å². The first kappa shape index (κ1) is 28.0. The molecular formula is C34H27ClN2O3S. The molecule has 0 saturated heterocycles. The van der Waals surface area contributed by atoms with Gasteiger partial charge in [-0.2, -0.15) is 0 Å². The zero-order chi connectivity index (χ0) is 28.4. The predicted octanol–water partition coefficient (Wildman–Crippen LogP) is 8.79. The van der Waals surface area contributed by atoms with Crippen molar-refractivity contribution in [1.29, 1.82) is 0 Å². The second-order valence-electron chi connectivity index (χ2n) is 9.21. The van der Waals surface area contributed by atoms with Crippen molar-refractivity contribution in [2.45, 2.75) is 16.6 Å². The van der Waals surface area contributed by atoms with Crippen LogP contribution in [0.15, 0.2) is 138 Å². The van der Waals surface area contributed by atoms with Crippen LogP contribution < -0.4 is 15.4 Å². The monoisotopic (exact) mass is 578 g/mol. The molecule has 0 aliphatic heterocycles. The van der Waals surface area contributed by atoms with Crippen molar-refractivity contribution >= 4 is 46.6 Å². The molecule has 7 heteroatoms. The topological polar surface area (TPSA) is 67.4 Å². The number of carbonyl (C=O) groups is 2. The number of thioether (sulfide) groups is 1. The SMILES string of the molecule is O=C(Cc1ccc(Cl)cc1)Nc1ccc(SC(C(=O)Nc2ccc(Oc3ccccc3)cc2)c2ccccc2)cc1. The van der Waals surface area contributed by atoms with E-state index in [0.29, 0.717) is 22.1 Å². The lowest BCUT2D eigenvalue weighted by Crippen LogP contribution is -2.19. The molecule has 0 radical (unpaired) electrons. The Kier molecular flexibility index (Phi) is 9.37. The second kappa shape index (κ2) is 13.7. The van der Waals surface area contributed by atoms with Gasteiger partial charge < -0.3 is 15.4 Å². The third-order valence-electron chi connectivity index (χ3n) is 6.11. The van der Waals surface area contributed by atoms with Crippen LogP contribution in [0.3, 0.4) is 0 Å². The van der Waals surface area contributed by atoms with Gasteiger partial charge in [-0.1, -0.05) is 72.3 Å². The summed E-state index contributed by atoms with van der Waals surface area (Å²) in [7, 11) is 0. The number of amides is 2. The molecule has 0 bridgehead atoms. The van der Waals surface area contributed by atoms with Crippen molar-refractivity contribution in [2.24, 2.45) is 0 Å². The molecule has 1 unspecified atom stereocenters. The molecule has 0 aromatic heterocycles. The van der Waals surface area contributed by atoms with Crippen molar-refractivity contribution in [1.82, 2.24) is 0 Å². The van der Waals surface area contributed by atoms with E-state index in [2.05, 4.69) is 10.6 Å². The largest absolute Gasteiger partial charge is 0.457 e. The molecule has 0 aliphatic rings. The van der Waals surface area contributed by atoms with Crippen LogP contribution in [0.1, 0.15) is 16.4 Å². The number of halogens is 1. The Morgan fingerprint density at radius 2 is 1.22 bits per heavy atom. The van der Waals surface area contributed by atoms with E-state index in [9.17, 15) is 9.59 Å². The van der Waals surface area contributed by atoms with E-state index in [4.69, 9.17) is 16.3 Å². The lowest BCUT2D eigenvalue weighted by atomic mass is 10.1. The van der Waals surface area contributed by atoms with Crippen LogP contribution in [-0.4, -0.2) is 11.8 Å². The van der Waals surface area contributed by atoms with Crippen molar-refractivity contribution in [3.63, 3.8) is 0 Å². The maximum atomic E-state index is 13.5. The van der Waals surface area contributed by atoms with Gasteiger partial charge in [0.25, 0.3) is 0 Å². The standard InChI is InChI=1S/C34H27ClN2O3S/c35-26-13-11-24(12-14-26)23-32(38)36-27-17-21-31(22-18-27)41-33(25-7-3-1-4-8-25)34(39)37-28-15-19-30(20-16-28)40-29-9-5-2-6-10-29/h1-22,33H,23H2,(H,36,38)(H,37,39). The number of ether oxygens (including phenoxy) is 1. The lowest BCUT2D eigenvalue weighted by Gasteiger charge is -2.18. The number of para-hydroxylation sites is 1. The van der Waals surface area contributed by atoms with Gasteiger partial charge in [-0.05, 0) is 83.9 Å². The van der Waals surface area contributed by atoms with Gasteiger partial charge in [-0.25, -0.2) is 0 Å². The van der Waals surface area contributed by atoms with Gasteiger partial charge in [-0.15, -0.1) is 11.8 Å². The number of hydrogen-bond donors (Lipinski definition) is 2. The first-order valence-electron chi connectivity index (χ1n) is 13.0. The molecule has 2 N–H and O–H groups in total. The number of carbonyl (C=O) groups excluding carboxylic acids is 2.